The van der Waals surface area contributed by atoms with Gasteiger partial charge in [-0.05, 0) is 41.6 Å². The summed E-state index contributed by atoms with van der Waals surface area (Å²) in [6.45, 7) is 4.28. The fourth-order valence-corrected chi connectivity index (χ4v) is 2.65. The third-order valence-electron chi connectivity index (χ3n) is 3.37. The molecule has 1 aliphatic rings. The molecule has 0 bridgehead atoms. The number of hydrogen-bond donors (Lipinski definition) is 0. The zero-order valence-electron chi connectivity index (χ0n) is 9.63. The van der Waals surface area contributed by atoms with Gasteiger partial charge >= 0.3 is 0 Å². The van der Waals surface area contributed by atoms with Crippen molar-refractivity contribution >= 4 is 27.5 Å². The van der Waals surface area contributed by atoms with Gasteiger partial charge in [0, 0.05) is 5.92 Å². The smallest absolute Gasteiger partial charge is 0.147 e. The molecule has 0 N–H and O–H groups in total. The minimum atomic E-state index is 0.500. The minimum absolute atomic E-state index is 0.500. The Balaban J connectivity index is 2.21. The highest BCUT2D eigenvalue weighted by Gasteiger charge is 2.23. The molecule has 88 valence electrons. The molecular weight excluding hydrogens is 288 g/mol. The predicted molar refractivity (Wildman–Crippen MR) is 69.9 cm³/mol. The van der Waals surface area contributed by atoms with Crippen molar-refractivity contribution in [1.82, 2.24) is 9.97 Å². The molecule has 0 aromatic carbocycles. The van der Waals surface area contributed by atoms with E-state index >= 15 is 0 Å². The Morgan fingerprint density at radius 3 is 2.38 bits per heavy atom. The van der Waals surface area contributed by atoms with E-state index < -0.39 is 0 Å². The topological polar surface area (TPSA) is 25.8 Å². The lowest BCUT2D eigenvalue weighted by Gasteiger charge is -2.25. The van der Waals surface area contributed by atoms with Crippen molar-refractivity contribution in [2.24, 2.45) is 5.92 Å². The van der Waals surface area contributed by atoms with Gasteiger partial charge in [0.1, 0.15) is 11.0 Å². The van der Waals surface area contributed by atoms with Crippen LogP contribution in [0.1, 0.15) is 50.0 Å². The Morgan fingerprint density at radius 1 is 1.19 bits per heavy atom. The van der Waals surface area contributed by atoms with Crippen molar-refractivity contribution < 1.29 is 0 Å². The van der Waals surface area contributed by atoms with Crippen molar-refractivity contribution in [3.05, 3.63) is 21.1 Å². The predicted octanol–water partition coefficient (Wildman–Crippen LogP) is 4.49. The summed E-state index contributed by atoms with van der Waals surface area (Å²) in [7, 11) is 0. The lowest BCUT2D eigenvalue weighted by atomic mass is 9.82. The van der Waals surface area contributed by atoms with Gasteiger partial charge in [-0.1, -0.05) is 31.4 Å². The Kier molecular flexibility index (Phi) is 3.85. The summed E-state index contributed by atoms with van der Waals surface area (Å²) in [5.74, 6) is 2.28. The van der Waals surface area contributed by atoms with E-state index in [2.05, 4.69) is 32.8 Å². The first-order chi connectivity index (χ1) is 7.58. The second-order valence-corrected chi connectivity index (χ2v) is 5.88. The van der Waals surface area contributed by atoms with Crippen molar-refractivity contribution in [3.63, 3.8) is 0 Å². The van der Waals surface area contributed by atoms with E-state index in [1.165, 1.54) is 25.7 Å². The van der Waals surface area contributed by atoms with Crippen LogP contribution in [0.2, 0.25) is 5.15 Å². The number of nitrogens with zero attached hydrogens (tertiary/aromatic N) is 2. The van der Waals surface area contributed by atoms with Crippen molar-refractivity contribution in [2.75, 3.05) is 0 Å². The summed E-state index contributed by atoms with van der Waals surface area (Å²) >= 11 is 9.46. The van der Waals surface area contributed by atoms with E-state index in [1.807, 2.05) is 6.92 Å². The van der Waals surface area contributed by atoms with Crippen LogP contribution in [0, 0.1) is 12.8 Å². The molecule has 0 spiro atoms. The van der Waals surface area contributed by atoms with Crippen molar-refractivity contribution in [2.45, 2.75) is 45.4 Å². The molecule has 2 rings (SSSR count). The van der Waals surface area contributed by atoms with E-state index in [0.717, 1.165) is 21.9 Å². The van der Waals surface area contributed by atoms with Crippen LogP contribution in [-0.4, -0.2) is 9.97 Å². The highest BCUT2D eigenvalue weighted by Crippen LogP contribution is 2.35. The first-order valence-corrected chi connectivity index (χ1v) is 6.94. The van der Waals surface area contributed by atoms with E-state index in [4.69, 9.17) is 11.6 Å². The second kappa shape index (κ2) is 5.01. The van der Waals surface area contributed by atoms with Crippen molar-refractivity contribution in [3.8, 4) is 0 Å². The summed E-state index contributed by atoms with van der Waals surface area (Å²) < 4.78 is 0.821. The van der Waals surface area contributed by atoms with Crippen LogP contribution in [0.15, 0.2) is 4.47 Å². The molecule has 0 amide bonds. The first kappa shape index (κ1) is 12.3. The first-order valence-electron chi connectivity index (χ1n) is 5.77. The highest BCUT2D eigenvalue weighted by atomic mass is 79.9. The molecule has 0 radical (unpaired) electrons. The minimum Gasteiger partial charge on any atom is -0.237 e. The Hall–Kier alpha value is -0.150. The molecule has 1 aromatic heterocycles. The number of aryl methyl sites for hydroxylation is 1. The molecular formula is C12H16BrClN2. The fourth-order valence-electron chi connectivity index (χ4n) is 2.25. The van der Waals surface area contributed by atoms with Gasteiger partial charge in [-0.2, -0.15) is 0 Å². The van der Waals surface area contributed by atoms with Crippen LogP contribution in [0.25, 0.3) is 0 Å². The Bertz CT molecular complexity index is 364. The van der Waals surface area contributed by atoms with Gasteiger partial charge in [-0.15, -0.1) is 0 Å². The van der Waals surface area contributed by atoms with Crippen LogP contribution in [-0.2, 0) is 0 Å². The van der Waals surface area contributed by atoms with Gasteiger partial charge in [-0.3, -0.25) is 0 Å². The molecule has 0 aliphatic heterocycles. The van der Waals surface area contributed by atoms with Crippen LogP contribution in [0.4, 0.5) is 0 Å². The van der Waals surface area contributed by atoms with Gasteiger partial charge in [0.25, 0.3) is 0 Å². The summed E-state index contributed by atoms with van der Waals surface area (Å²) in [5.41, 5.74) is 0.939. The van der Waals surface area contributed by atoms with Gasteiger partial charge in [0.15, 0.2) is 0 Å². The zero-order chi connectivity index (χ0) is 11.7. The molecule has 4 heteroatoms. The SMILES string of the molecule is Cc1nc(C2CCC(C)CC2)nc(Cl)c1Br. The molecule has 16 heavy (non-hydrogen) atoms. The fraction of sp³-hybridized carbons (Fsp3) is 0.667. The van der Waals surface area contributed by atoms with E-state index in [1.54, 1.807) is 0 Å². The van der Waals surface area contributed by atoms with Crippen molar-refractivity contribution in [1.29, 1.82) is 0 Å². The molecule has 1 fully saturated rings. The van der Waals surface area contributed by atoms with Crippen LogP contribution >= 0.6 is 27.5 Å². The number of aromatic nitrogens is 2. The highest BCUT2D eigenvalue weighted by molar-refractivity contribution is 9.10. The monoisotopic (exact) mass is 302 g/mol. The number of hydrogen-bond acceptors (Lipinski definition) is 2. The van der Waals surface area contributed by atoms with E-state index in [0.29, 0.717) is 11.1 Å². The second-order valence-electron chi connectivity index (χ2n) is 4.73. The lowest BCUT2D eigenvalue weighted by molar-refractivity contribution is 0.339. The average molecular weight is 304 g/mol. The number of halogens is 2. The molecule has 0 unspecified atom stereocenters. The van der Waals surface area contributed by atoms with Gasteiger partial charge in [-0.25, -0.2) is 9.97 Å². The van der Waals surface area contributed by atoms with Gasteiger partial charge in [0.05, 0.1) is 10.2 Å². The number of rotatable bonds is 1. The van der Waals surface area contributed by atoms with E-state index in [-0.39, 0.29) is 0 Å². The summed E-state index contributed by atoms with van der Waals surface area (Å²) in [6, 6.07) is 0. The maximum atomic E-state index is 6.07. The molecule has 1 aliphatic carbocycles. The summed E-state index contributed by atoms with van der Waals surface area (Å²) in [6.07, 6.45) is 4.94. The summed E-state index contributed by atoms with van der Waals surface area (Å²) in [5, 5.41) is 0.543. The maximum absolute atomic E-state index is 6.07. The lowest BCUT2D eigenvalue weighted by Crippen LogP contribution is -2.14. The maximum Gasteiger partial charge on any atom is 0.147 e. The molecule has 0 saturated heterocycles. The molecule has 1 heterocycles. The zero-order valence-corrected chi connectivity index (χ0v) is 12.0. The van der Waals surface area contributed by atoms with Crippen LogP contribution in [0.5, 0.6) is 0 Å². The third-order valence-corrected chi connectivity index (χ3v) is 4.83. The standard InChI is InChI=1S/C12H16BrClN2/c1-7-3-5-9(6-4-7)12-15-8(2)10(13)11(14)16-12/h7,9H,3-6H2,1-2H3. The average Bonchev–Trinajstić information content (AvgIpc) is 2.26. The largest absolute Gasteiger partial charge is 0.237 e. The Morgan fingerprint density at radius 2 is 1.81 bits per heavy atom. The van der Waals surface area contributed by atoms with Crippen LogP contribution in [0.3, 0.4) is 0 Å². The Labute approximate surface area is 110 Å². The van der Waals surface area contributed by atoms with Gasteiger partial charge in [0.2, 0.25) is 0 Å². The summed E-state index contributed by atoms with van der Waals surface area (Å²) in [4.78, 5) is 8.93. The third kappa shape index (κ3) is 2.57. The van der Waals surface area contributed by atoms with Crippen LogP contribution < -0.4 is 0 Å². The van der Waals surface area contributed by atoms with Gasteiger partial charge < -0.3 is 0 Å². The van der Waals surface area contributed by atoms with E-state index in [9.17, 15) is 0 Å². The quantitative estimate of drug-likeness (QED) is 0.714. The normalized spacial score (nSPS) is 25.8. The molecule has 2 nitrogen and oxygen atoms in total. The molecule has 1 aromatic rings. The molecule has 1 saturated carbocycles. The molecule has 0 atom stereocenters.